The minimum atomic E-state index is 0.368. The SMILES string of the molecule is CCNC(=NCC1(CCOCC)CCCC1)NCCCN1CCCC1. The van der Waals surface area contributed by atoms with Gasteiger partial charge in [-0.05, 0) is 77.4 Å². The molecule has 2 N–H and O–H groups in total. The molecule has 0 bridgehead atoms. The van der Waals surface area contributed by atoms with Crippen LogP contribution in [0, 0.1) is 5.41 Å². The van der Waals surface area contributed by atoms with Gasteiger partial charge < -0.3 is 20.3 Å². The first-order valence-electron chi connectivity index (χ1n) is 10.6. The zero-order valence-corrected chi connectivity index (χ0v) is 16.6. The highest BCUT2D eigenvalue weighted by Gasteiger charge is 2.33. The zero-order valence-electron chi connectivity index (χ0n) is 16.6. The molecule has 25 heavy (non-hydrogen) atoms. The second-order valence-electron chi connectivity index (χ2n) is 7.68. The Hall–Kier alpha value is -0.810. The Balaban J connectivity index is 1.75. The second-order valence-corrected chi connectivity index (χ2v) is 7.68. The van der Waals surface area contributed by atoms with Crippen LogP contribution in [0.1, 0.15) is 65.2 Å². The molecule has 1 saturated carbocycles. The number of hydrogen-bond acceptors (Lipinski definition) is 3. The summed E-state index contributed by atoms with van der Waals surface area (Å²) in [5.41, 5.74) is 0.368. The third kappa shape index (κ3) is 7.53. The third-order valence-electron chi connectivity index (χ3n) is 5.70. The molecule has 1 heterocycles. The fourth-order valence-electron chi connectivity index (χ4n) is 4.15. The lowest BCUT2D eigenvalue weighted by atomic mass is 9.83. The summed E-state index contributed by atoms with van der Waals surface area (Å²) in [5.74, 6) is 0.992. The minimum absolute atomic E-state index is 0.368. The predicted molar refractivity (Wildman–Crippen MR) is 106 cm³/mol. The van der Waals surface area contributed by atoms with Crippen molar-refractivity contribution in [2.45, 2.75) is 65.2 Å². The molecule has 1 aliphatic heterocycles. The van der Waals surface area contributed by atoms with Crippen LogP contribution in [0.4, 0.5) is 0 Å². The Morgan fingerprint density at radius 1 is 1.08 bits per heavy atom. The van der Waals surface area contributed by atoms with Gasteiger partial charge in [0.25, 0.3) is 0 Å². The predicted octanol–water partition coefficient (Wildman–Crippen LogP) is 3.01. The number of nitrogens with zero attached hydrogens (tertiary/aromatic N) is 2. The monoisotopic (exact) mass is 352 g/mol. The Morgan fingerprint density at radius 3 is 2.52 bits per heavy atom. The molecule has 0 aromatic rings. The maximum Gasteiger partial charge on any atom is 0.191 e. The van der Waals surface area contributed by atoms with Crippen LogP contribution >= 0.6 is 0 Å². The number of likely N-dealkylation sites (tertiary alicyclic amines) is 1. The zero-order chi connectivity index (χ0) is 17.8. The van der Waals surface area contributed by atoms with Crippen molar-refractivity contribution in [2.24, 2.45) is 10.4 Å². The summed E-state index contributed by atoms with van der Waals surface area (Å²) in [5, 5.41) is 6.95. The molecule has 1 aliphatic carbocycles. The van der Waals surface area contributed by atoms with Crippen LogP contribution in [0.5, 0.6) is 0 Å². The summed E-state index contributed by atoms with van der Waals surface area (Å²) in [7, 11) is 0. The van der Waals surface area contributed by atoms with Crippen molar-refractivity contribution in [2.75, 3.05) is 52.5 Å². The average Bonchev–Trinajstić information content (AvgIpc) is 3.29. The van der Waals surface area contributed by atoms with Gasteiger partial charge in [-0.15, -0.1) is 0 Å². The Morgan fingerprint density at radius 2 is 1.84 bits per heavy atom. The van der Waals surface area contributed by atoms with Crippen molar-refractivity contribution >= 4 is 5.96 Å². The van der Waals surface area contributed by atoms with Gasteiger partial charge in [0.05, 0.1) is 0 Å². The number of hydrogen-bond donors (Lipinski definition) is 2. The molecule has 2 rings (SSSR count). The van der Waals surface area contributed by atoms with Gasteiger partial charge in [0.1, 0.15) is 0 Å². The third-order valence-corrected chi connectivity index (χ3v) is 5.70. The summed E-state index contributed by atoms with van der Waals surface area (Å²) < 4.78 is 5.62. The van der Waals surface area contributed by atoms with E-state index in [4.69, 9.17) is 9.73 Å². The lowest BCUT2D eigenvalue weighted by Gasteiger charge is -2.27. The van der Waals surface area contributed by atoms with Gasteiger partial charge in [-0.2, -0.15) is 0 Å². The normalized spacial score (nSPS) is 21.0. The Labute approximate surface area is 155 Å². The summed E-state index contributed by atoms with van der Waals surface area (Å²) in [4.78, 5) is 7.52. The van der Waals surface area contributed by atoms with E-state index in [1.807, 2.05) is 0 Å². The van der Waals surface area contributed by atoms with Crippen molar-refractivity contribution < 1.29 is 4.74 Å². The van der Waals surface area contributed by atoms with Gasteiger partial charge in [0.2, 0.25) is 0 Å². The van der Waals surface area contributed by atoms with Crippen LogP contribution in [0.3, 0.4) is 0 Å². The summed E-state index contributed by atoms with van der Waals surface area (Å²) in [6, 6.07) is 0. The maximum absolute atomic E-state index is 5.62. The van der Waals surface area contributed by atoms with E-state index in [1.165, 1.54) is 64.6 Å². The Bertz CT molecular complexity index is 374. The van der Waals surface area contributed by atoms with E-state index in [2.05, 4.69) is 29.4 Å². The minimum Gasteiger partial charge on any atom is -0.382 e. The molecular formula is C20H40N4O. The molecule has 5 heteroatoms. The topological polar surface area (TPSA) is 48.9 Å². The van der Waals surface area contributed by atoms with Crippen molar-refractivity contribution in [1.82, 2.24) is 15.5 Å². The molecule has 0 aromatic heterocycles. The molecule has 0 aromatic carbocycles. The fourth-order valence-corrected chi connectivity index (χ4v) is 4.15. The van der Waals surface area contributed by atoms with Crippen LogP contribution in [0.2, 0.25) is 0 Å². The van der Waals surface area contributed by atoms with Crippen molar-refractivity contribution in [3.8, 4) is 0 Å². The van der Waals surface area contributed by atoms with Gasteiger partial charge in [0, 0.05) is 32.8 Å². The molecule has 1 saturated heterocycles. The highest BCUT2D eigenvalue weighted by atomic mass is 16.5. The van der Waals surface area contributed by atoms with Gasteiger partial charge >= 0.3 is 0 Å². The Kier molecular flexibility index (Phi) is 9.63. The van der Waals surface area contributed by atoms with Crippen molar-refractivity contribution in [3.05, 3.63) is 0 Å². The maximum atomic E-state index is 5.62. The van der Waals surface area contributed by atoms with Crippen molar-refractivity contribution in [1.29, 1.82) is 0 Å². The lowest BCUT2D eigenvalue weighted by Crippen LogP contribution is -2.39. The van der Waals surface area contributed by atoms with E-state index in [-0.39, 0.29) is 0 Å². The highest BCUT2D eigenvalue weighted by Crippen LogP contribution is 2.41. The number of guanidine groups is 1. The first-order chi connectivity index (χ1) is 12.3. The summed E-state index contributed by atoms with van der Waals surface area (Å²) >= 11 is 0. The largest absolute Gasteiger partial charge is 0.382 e. The second kappa shape index (κ2) is 11.7. The molecule has 0 spiro atoms. The van der Waals surface area contributed by atoms with E-state index in [0.29, 0.717) is 5.41 Å². The van der Waals surface area contributed by atoms with Crippen LogP contribution in [0.15, 0.2) is 4.99 Å². The van der Waals surface area contributed by atoms with E-state index in [0.717, 1.165) is 45.2 Å². The number of aliphatic imine (C=N–C) groups is 1. The van der Waals surface area contributed by atoms with Gasteiger partial charge in [-0.3, -0.25) is 4.99 Å². The smallest absolute Gasteiger partial charge is 0.191 e. The first kappa shape index (κ1) is 20.5. The van der Waals surface area contributed by atoms with Crippen molar-refractivity contribution in [3.63, 3.8) is 0 Å². The molecule has 2 fully saturated rings. The number of nitrogens with one attached hydrogen (secondary N) is 2. The van der Waals surface area contributed by atoms with Crippen LogP contribution in [-0.2, 0) is 4.74 Å². The average molecular weight is 353 g/mol. The number of rotatable bonds is 11. The van der Waals surface area contributed by atoms with Crippen LogP contribution < -0.4 is 10.6 Å². The highest BCUT2D eigenvalue weighted by molar-refractivity contribution is 5.79. The molecule has 146 valence electrons. The van der Waals surface area contributed by atoms with Crippen LogP contribution in [0.25, 0.3) is 0 Å². The van der Waals surface area contributed by atoms with Gasteiger partial charge in [-0.1, -0.05) is 12.8 Å². The molecule has 0 atom stereocenters. The molecule has 0 radical (unpaired) electrons. The number of ether oxygens (including phenoxy) is 1. The van der Waals surface area contributed by atoms with Crippen LogP contribution in [-0.4, -0.2) is 63.3 Å². The van der Waals surface area contributed by atoms with E-state index in [1.54, 1.807) is 0 Å². The first-order valence-corrected chi connectivity index (χ1v) is 10.6. The van der Waals surface area contributed by atoms with E-state index in [9.17, 15) is 0 Å². The molecule has 0 amide bonds. The standard InChI is InChI=1S/C20H40N4O/c1-3-21-19(22-13-9-16-24-14-7-8-15-24)23-18-20(10-5-6-11-20)12-17-25-4-2/h3-18H2,1-2H3,(H2,21,22,23). The fraction of sp³-hybridized carbons (Fsp3) is 0.950. The van der Waals surface area contributed by atoms with Gasteiger partial charge in [-0.25, -0.2) is 0 Å². The van der Waals surface area contributed by atoms with Gasteiger partial charge in [0.15, 0.2) is 5.96 Å². The molecular weight excluding hydrogens is 312 g/mol. The lowest BCUT2D eigenvalue weighted by molar-refractivity contribution is 0.107. The summed E-state index contributed by atoms with van der Waals surface area (Å²) in [6.45, 7) is 12.6. The summed E-state index contributed by atoms with van der Waals surface area (Å²) in [6.07, 6.45) is 10.4. The van der Waals surface area contributed by atoms with E-state index < -0.39 is 0 Å². The molecule has 2 aliphatic rings. The molecule has 0 unspecified atom stereocenters. The van der Waals surface area contributed by atoms with E-state index >= 15 is 0 Å². The quantitative estimate of drug-likeness (QED) is 0.341. The molecule has 5 nitrogen and oxygen atoms in total.